The van der Waals surface area contributed by atoms with Gasteiger partial charge in [0.25, 0.3) is 0 Å². The minimum Gasteiger partial charge on any atom is -0.301 e. The van der Waals surface area contributed by atoms with Gasteiger partial charge in [-0.2, -0.15) is 4.80 Å². The lowest BCUT2D eigenvalue weighted by Gasteiger charge is -2.42. The van der Waals surface area contributed by atoms with Crippen molar-refractivity contribution in [2.24, 2.45) is 0 Å². The zero-order valence-electron chi connectivity index (χ0n) is 13.3. The van der Waals surface area contributed by atoms with Crippen molar-refractivity contribution in [2.75, 3.05) is 32.7 Å². The van der Waals surface area contributed by atoms with E-state index in [1.54, 1.807) is 4.80 Å². The predicted molar refractivity (Wildman–Crippen MR) is 79.6 cm³/mol. The summed E-state index contributed by atoms with van der Waals surface area (Å²) in [5.74, 6) is 0.837. The molecule has 0 saturated carbocycles. The number of hydrogen-bond donors (Lipinski definition) is 0. The van der Waals surface area contributed by atoms with Gasteiger partial charge in [-0.25, -0.2) is 0 Å². The van der Waals surface area contributed by atoms with Crippen LogP contribution in [0.4, 0.5) is 0 Å². The zero-order chi connectivity index (χ0) is 14.6. The van der Waals surface area contributed by atoms with Gasteiger partial charge in [0.05, 0.1) is 6.54 Å². The topological polar surface area (TPSA) is 50.1 Å². The van der Waals surface area contributed by atoms with Crippen LogP contribution in [0.25, 0.3) is 0 Å². The van der Waals surface area contributed by atoms with Crippen molar-refractivity contribution in [3.63, 3.8) is 0 Å². The Morgan fingerprint density at radius 2 is 1.75 bits per heavy atom. The number of nitrogens with zero attached hydrogens (tertiary/aromatic N) is 6. The van der Waals surface area contributed by atoms with E-state index in [0.29, 0.717) is 5.54 Å². The number of aryl methyl sites for hydroxylation is 2. The van der Waals surface area contributed by atoms with E-state index in [1.807, 2.05) is 0 Å². The molecule has 1 aliphatic heterocycles. The van der Waals surface area contributed by atoms with Crippen LogP contribution in [0.2, 0.25) is 0 Å². The van der Waals surface area contributed by atoms with Gasteiger partial charge in [-0.15, -0.1) is 10.2 Å². The molecule has 6 nitrogen and oxygen atoms in total. The molecule has 2 heterocycles. The second-order valence-corrected chi connectivity index (χ2v) is 6.51. The smallest absolute Gasteiger partial charge is 0.174 e. The Morgan fingerprint density at radius 3 is 2.30 bits per heavy atom. The van der Waals surface area contributed by atoms with Gasteiger partial charge in [-0.3, -0.25) is 4.90 Å². The molecule has 1 fully saturated rings. The van der Waals surface area contributed by atoms with Crippen molar-refractivity contribution < 1.29 is 0 Å². The Hall–Kier alpha value is -1.01. The molecule has 2 rings (SSSR count). The quantitative estimate of drug-likeness (QED) is 0.806. The lowest BCUT2D eigenvalue weighted by atomic mass is 10.0. The minimum atomic E-state index is 0.299. The first kappa shape index (κ1) is 15.4. The zero-order valence-corrected chi connectivity index (χ0v) is 13.3. The molecule has 20 heavy (non-hydrogen) atoms. The number of aromatic nitrogens is 4. The van der Waals surface area contributed by atoms with E-state index in [0.717, 1.165) is 31.8 Å². The summed E-state index contributed by atoms with van der Waals surface area (Å²) in [4.78, 5) is 6.83. The monoisotopic (exact) mass is 280 g/mol. The van der Waals surface area contributed by atoms with Gasteiger partial charge in [0, 0.05) is 44.7 Å². The third-order valence-electron chi connectivity index (χ3n) is 3.96. The maximum atomic E-state index is 4.32. The van der Waals surface area contributed by atoms with Gasteiger partial charge in [-0.05, 0) is 32.4 Å². The van der Waals surface area contributed by atoms with Crippen LogP contribution in [-0.4, -0.2) is 68.3 Å². The van der Waals surface area contributed by atoms with Crippen LogP contribution in [0.3, 0.4) is 0 Å². The Labute approximate surface area is 122 Å². The molecule has 0 radical (unpaired) electrons. The summed E-state index contributed by atoms with van der Waals surface area (Å²) in [7, 11) is 0. The van der Waals surface area contributed by atoms with Crippen molar-refractivity contribution in [2.45, 2.75) is 52.6 Å². The largest absolute Gasteiger partial charge is 0.301 e. The molecule has 1 aromatic heterocycles. The lowest BCUT2D eigenvalue weighted by Crippen LogP contribution is -2.53. The average Bonchev–Trinajstić information content (AvgIpc) is 2.86. The van der Waals surface area contributed by atoms with E-state index in [4.69, 9.17) is 0 Å². The Kier molecular flexibility index (Phi) is 5.10. The number of piperazine rings is 1. The summed E-state index contributed by atoms with van der Waals surface area (Å²) in [5.41, 5.74) is 0.299. The minimum absolute atomic E-state index is 0.299. The molecule has 0 amide bonds. The highest BCUT2D eigenvalue weighted by Crippen LogP contribution is 2.15. The lowest BCUT2D eigenvalue weighted by molar-refractivity contribution is 0.0611. The van der Waals surface area contributed by atoms with Crippen LogP contribution in [0, 0.1) is 0 Å². The third-order valence-corrected chi connectivity index (χ3v) is 3.96. The van der Waals surface area contributed by atoms with Gasteiger partial charge in [-0.1, -0.05) is 6.92 Å². The second-order valence-electron chi connectivity index (χ2n) is 6.51. The molecule has 0 unspecified atom stereocenters. The normalized spacial score (nSPS) is 18.6. The van der Waals surface area contributed by atoms with Crippen molar-refractivity contribution in [1.29, 1.82) is 0 Å². The molecule has 0 atom stereocenters. The maximum absolute atomic E-state index is 4.32. The first-order valence-electron chi connectivity index (χ1n) is 7.73. The van der Waals surface area contributed by atoms with E-state index in [-0.39, 0.29) is 0 Å². The summed E-state index contributed by atoms with van der Waals surface area (Å²) in [6.07, 6.45) is 1.95. The fraction of sp³-hybridized carbons (Fsp3) is 0.929. The van der Waals surface area contributed by atoms with Gasteiger partial charge in [0.2, 0.25) is 0 Å². The van der Waals surface area contributed by atoms with E-state index < -0.39 is 0 Å². The third kappa shape index (κ3) is 4.24. The maximum Gasteiger partial charge on any atom is 0.174 e. The molecule has 6 heteroatoms. The molecular formula is C14H28N6. The van der Waals surface area contributed by atoms with Gasteiger partial charge < -0.3 is 4.90 Å². The second kappa shape index (κ2) is 6.63. The highest BCUT2D eigenvalue weighted by Gasteiger charge is 2.25. The molecule has 1 aliphatic rings. The first-order chi connectivity index (χ1) is 9.49. The summed E-state index contributed by atoms with van der Waals surface area (Å²) < 4.78 is 0. The summed E-state index contributed by atoms with van der Waals surface area (Å²) in [5, 5.41) is 12.4. The highest BCUT2D eigenvalue weighted by molar-refractivity contribution is 4.81. The average molecular weight is 280 g/mol. The molecule has 0 N–H and O–H groups in total. The van der Waals surface area contributed by atoms with Gasteiger partial charge >= 0.3 is 0 Å². The summed E-state index contributed by atoms with van der Waals surface area (Å²) >= 11 is 0. The van der Waals surface area contributed by atoms with Crippen LogP contribution >= 0.6 is 0 Å². The van der Waals surface area contributed by atoms with Crippen molar-refractivity contribution in [3.05, 3.63) is 5.82 Å². The van der Waals surface area contributed by atoms with Gasteiger partial charge in [0.1, 0.15) is 0 Å². The predicted octanol–water partition coefficient (Wildman–Crippen LogP) is 1.04. The van der Waals surface area contributed by atoms with Crippen molar-refractivity contribution >= 4 is 0 Å². The van der Waals surface area contributed by atoms with Crippen LogP contribution in [-0.2, 0) is 13.0 Å². The summed E-state index contributed by atoms with van der Waals surface area (Å²) in [6.45, 7) is 15.6. The van der Waals surface area contributed by atoms with E-state index >= 15 is 0 Å². The van der Waals surface area contributed by atoms with E-state index in [9.17, 15) is 0 Å². The summed E-state index contributed by atoms with van der Waals surface area (Å²) in [6, 6.07) is 0. The Morgan fingerprint density at radius 1 is 1.05 bits per heavy atom. The van der Waals surface area contributed by atoms with E-state index in [1.165, 1.54) is 26.2 Å². The highest BCUT2D eigenvalue weighted by atomic mass is 15.6. The van der Waals surface area contributed by atoms with Crippen LogP contribution < -0.4 is 0 Å². The number of tetrazole rings is 1. The van der Waals surface area contributed by atoms with Crippen molar-refractivity contribution in [3.8, 4) is 0 Å². The Balaban J connectivity index is 1.66. The van der Waals surface area contributed by atoms with Crippen molar-refractivity contribution in [1.82, 2.24) is 30.0 Å². The first-order valence-corrected chi connectivity index (χ1v) is 7.73. The molecular weight excluding hydrogens is 252 g/mol. The molecule has 1 aromatic rings. The molecule has 0 aliphatic carbocycles. The Bertz CT molecular complexity index is 400. The number of hydrogen-bond acceptors (Lipinski definition) is 5. The molecule has 1 saturated heterocycles. The van der Waals surface area contributed by atoms with Gasteiger partial charge in [0.15, 0.2) is 5.82 Å². The fourth-order valence-electron chi connectivity index (χ4n) is 2.59. The molecule has 0 bridgehead atoms. The molecule has 0 spiro atoms. The fourth-order valence-corrected chi connectivity index (χ4v) is 2.59. The SMILES string of the molecule is CCc1nnn(CCCN2CCN(C(C)(C)C)CC2)n1. The molecule has 0 aromatic carbocycles. The molecule has 114 valence electrons. The van der Waals surface area contributed by atoms with E-state index in [2.05, 4.69) is 52.9 Å². The van der Waals surface area contributed by atoms with Crippen LogP contribution in [0.15, 0.2) is 0 Å². The standard InChI is InChI=1S/C14H28N6/c1-5-13-15-17-20(16-13)8-6-7-18-9-11-19(12-10-18)14(2,3)4/h5-12H2,1-4H3. The number of rotatable bonds is 5. The van der Waals surface area contributed by atoms with Crippen LogP contribution in [0.5, 0.6) is 0 Å². The van der Waals surface area contributed by atoms with Crippen LogP contribution in [0.1, 0.15) is 39.9 Å².